The molecule has 0 radical (unpaired) electrons. The molecule has 96 valence electrons. The summed E-state index contributed by atoms with van der Waals surface area (Å²) in [5.74, 6) is 0.823. The lowest BCUT2D eigenvalue weighted by molar-refractivity contribution is 0.0682. The first kappa shape index (κ1) is 13.2. The molecule has 0 bridgehead atoms. The Morgan fingerprint density at radius 3 is 2.24 bits per heavy atom. The standard InChI is InChI=1S/C13H22IN3/c1-12(2)5-9(6-13(3,4)8-12)17-11(15)10(14)7-16-17/h7,9H,5-6,8,15H2,1-4H3. The van der Waals surface area contributed by atoms with Gasteiger partial charge >= 0.3 is 0 Å². The van der Waals surface area contributed by atoms with Crippen LogP contribution < -0.4 is 5.73 Å². The van der Waals surface area contributed by atoms with Crippen LogP contribution in [0.25, 0.3) is 0 Å². The molecule has 1 aromatic heterocycles. The van der Waals surface area contributed by atoms with Crippen molar-refractivity contribution in [3.8, 4) is 0 Å². The number of rotatable bonds is 1. The monoisotopic (exact) mass is 347 g/mol. The van der Waals surface area contributed by atoms with E-state index in [0.29, 0.717) is 16.9 Å². The fourth-order valence-corrected chi connectivity index (χ4v) is 3.97. The zero-order valence-corrected chi connectivity index (χ0v) is 13.3. The SMILES string of the molecule is CC1(C)CC(n2ncc(I)c2N)CC(C)(C)C1. The number of halogens is 1. The highest BCUT2D eigenvalue weighted by Crippen LogP contribution is 2.50. The molecule has 2 rings (SSSR count). The Morgan fingerprint density at radius 2 is 1.82 bits per heavy atom. The summed E-state index contributed by atoms with van der Waals surface area (Å²) in [4.78, 5) is 0. The number of hydrogen-bond acceptors (Lipinski definition) is 2. The van der Waals surface area contributed by atoms with Gasteiger partial charge < -0.3 is 5.73 Å². The molecule has 17 heavy (non-hydrogen) atoms. The van der Waals surface area contributed by atoms with Gasteiger partial charge in [-0.15, -0.1) is 0 Å². The average Bonchev–Trinajstić information content (AvgIpc) is 2.42. The van der Waals surface area contributed by atoms with E-state index in [1.54, 1.807) is 0 Å². The van der Waals surface area contributed by atoms with E-state index in [1.165, 1.54) is 19.3 Å². The van der Waals surface area contributed by atoms with Crippen LogP contribution in [0, 0.1) is 14.4 Å². The number of aromatic nitrogens is 2. The molecule has 3 nitrogen and oxygen atoms in total. The van der Waals surface area contributed by atoms with Crippen molar-refractivity contribution in [2.45, 2.75) is 53.0 Å². The number of hydrogen-bond donors (Lipinski definition) is 1. The van der Waals surface area contributed by atoms with E-state index >= 15 is 0 Å². The lowest BCUT2D eigenvalue weighted by Gasteiger charge is -2.45. The van der Waals surface area contributed by atoms with Crippen LogP contribution in [0.1, 0.15) is 53.0 Å². The zero-order chi connectivity index (χ0) is 12.8. The molecule has 0 aliphatic heterocycles. The topological polar surface area (TPSA) is 43.8 Å². The van der Waals surface area contributed by atoms with Crippen LogP contribution in [0.15, 0.2) is 6.20 Å². The Kier molecular flexibility index (Phi) is 3.21. The van der Waals surface area contributed by atoms with Gasteiger partial charge in [-0.25, -0.2) is 4.68 Å². The molecule has 0 saturated heterocycles. The van der Waals surface area contributed by atoms with E-state index in [9.17, 15) is 0 Å². The van der Waals surface area contributed by atoms with E-state index < -0.39 is 0 Å². The van der Waals surface area contributed by atoms with Gasteiger partial charge in [0.1, 0.15) is 5.82 Å². The Labute approximate surface area is 117 Å². The summed E-state index contributed by atoms with van der Waals surface area (Å²) in [6.07, 6.45) is 5.47. The van der Waals surface area contributed by atoms with Crippen LogP contribution in [0.5, 0.6) is 0 Å². The molecule has 1 aliphatic carbocycles. The molecule has 0 amide bonds. The van der Waals surface area contributed by atoms with Gasteiger partial charge in [-0.2, -0.15) is 5.10 Å². The smallest absolute Gasteiger partial charge is 0.135 e. The van der Waals surface area contributed by atoms with Gasteiger partial charge in [-0.05, 0) is 52.7 Å². The minimum atomic E-state index is 0.371. The normalized spacial score (nSPS) is 23.8. The number of nitrogens with two attached hydrogens (primary N) is 1. The van der Waals surface area contributed by atoms with Crippen LogP contribution in [-0.4, -0.2) is 9.78 Å². The zero-order valence-electron chi connectivity index (χ0n) is 11.1. The number of nitrogen functional groups attached to an aromatic ring is 1. The quantitative estimate of drug-likeness (QED) is 0.785. The molecule has 1 fully saturated rings. The fourth-order valence-electron chi connectivity index (χ4n) is 3.60. The van der Waals surface area contributed by atoms with Crippen LogP contribution in [0.4, 0.5) is 5.82 Å². The van der Waals surface area contributed by atoms with Gasteiger partial charge in [0.25, 0.3) is 0 Å². The Hall–Kier alpha value is -0.260. The molecule has 2 N–H and O–H groups in total. The van der Waals surface area contributed by atoms with Gasteiger partial charge in [0.15, 0.2) is 0 Å². The Morgan fingerprint density at radius 1 is 1.29 bits per heavy atom. The van der Waals surface area contributed by atoms with E-state index in [2.05, 4.69) is 55.4 Å². The summed E-state index contributed by atoms with van der Waals surface area (Å²) < 4.78 is 3.09. The molecule has 0 atom stereocenters. The summed E-state index contributed by atoms with van der Waals surface area (Å²) in [6.45, 7) is 9.41. The second kappa shape index (κ2) is 4.14. The third-order valence-corrected chi connectivity index (χ3v) is 4.50. The van der Waals surface area contributed by atoms with E-state index in [-0.39, 0.29) is 0 Å². The van der Waals surface area contributed by atoms with Crippen LogP contribution >= 0.6 is 22.6 Å². The Balaban J connectivity index is 2.30. The van der Waals surface area contributed by atoms with Gasteiger partial charge in [-0.3, -0.25) is 0 Å². The van der Waals surface area contributed by atoms with Crippen LogP contribution in [-0.2, 0) is 0 Å². The van der Waals surface area contributed by atoms with Crippen molar-refractivity contribution in [3.05, 3.63) is 9.77 Å². The van der Waals surface area contributed by atoms with Gasteiger partial charge in [0.2, 0.25) is 0 Å². The first-order chi connectivity index (χ1) is 7.70. The molecule has 1 aromatic rings. The van der Waals surface area contributed by atoms with Gasteiger partial charge in [-0.1, -0.05) is 27.7 Å². The number of anilines is 1. The minimum absolute atomic E-state index is 0.371. The lowest BCUT2D eigenvalue weighted by Crippen LogP contribution is -2.35. The third kappa shape index (κ3) is 2.77. The van der Waals surface area contributed by atoms with E-state index in [0.717, 1.165) is 9.39 Å². The summed E-state index contributed by atoms with van der Waals surface area (Å²) in [5, 5.41) is 4.45. The highest BCUT2D eigenvalue weighted by Gasteiger charge is 2.39. The van der Waals surface area contributed by atoms with Crippen molar-refractivity contribution in [2.24, 2.45) is 10.8 Å². The second-order valence-electron chi connectivity index (χ2n) is 6.89. The van der Waals surface area contributed by atoms with E-state index in [4.69, 9.17) is 5.73 Å². The minimum Gasteiger partial charge on any atom is -0.383 e. The van der Waals surface area contributed by atoms with Crippen molar-refractivity contribution >= 4 is 28.4 Å². The van der Waals surface area contributed by atoms with Crippen LogP contribution in [0.3, 0.4) is 0 Å². The molecular weight excluding hydrogens is 325 g/mol. The summed E-state index contributed by atoms with van der Waals surface area (Å²) in [5.41, 5.74) is 6.85. The summed E-state index contributed by atoms with van der Waals surface area (Å²) >= 11 is 2.25. The summed E-state index contributed by atoms with van der Waals surface area (Å²) in [6, 6.07) is 0.442. The highest BCUT2D eigenvalue weighted by molar-refractivity contribution is 14.1. The lowest BCUT2D eigenvalue weighted by atomic mass is 9.63. The molecule has 1 heterocycles. The maximum Gasteiger partial charge on any atom is 0.135 e. The van der Waals surface area contributed by atoms with Crippen LogP contribution in [0.2, 0.25) is 0 Å². The largest absolute Gasteiger partial charge is 0.383 e. The molecule has 1 saturated carbocycles. The first-order valence-electron chi connectivity index (χ1n) is 6.19. The maximum atomic E-state index is 6.10. The maximum absolute atomic E-state index is 6.10. The molecule has 1 aliphatic rings. The van der Waals surface area contributed by atoms with Crippen molar-refractivity contribution in [1.29, 1.82) is 0 Å². The Bertz CT molecular complexity index is 404. The molecule has 0 spiro atoms. The van der Waals surface area contributed by atoms with Gasteiger partial charge in [0.05, 0.1) is 15.8 Å². The fraction of sp³-hybridized carbons (Fsp3) is 0.769. The second-order valence-corrected chi connectivity index (χ2v) is 8.05. The molecule has 0 aromatic carbocycles. The molecular formula is C13H22IN3. The van der Waals surface area contributed by atoms with Crippen molar-refractivity contribution in [3.63, 3.8) is 0 Å². The van der Waals surface area contributed by atoms with E-state index in [1.807, 2.05) is 10.9 Å². The average molecular weight is 347 g/mol. The predicted octanol–water partition coefficient (Wildman–Crippen LogP) is 3.85. The molecule has 4 heteroatoms. The van der Waals surface area contributed by atoms with Gasteiger partial charge in [0, 0.05) is 0 Å². The first-order valence-corrected chi connectivity index (χ1v) is 7.27. The number of nitrogens with zero attached hydrogens (tertiary/aromatic N) is 2. The third-order valence-electron chi connectivity index (χ3n) is 3.67. The highest BCUT2D eigenvalue weighted by atomic mass is 127. The predicted molar refractivity (Wildman–Crippen MR) is 79.8 cm³/mol. The molecule has 0 unspecified atom stereocenters. The van der Waals surface area contributed by atoms with Crippen molar-refractivity contribution in [1.82, 2.24) is 9.78 Å². The van der Waals surface area contributed by atoms with Crippen molar-refractivity contribution < 1.29 is 0 Å². The summed E-state index contributed by atoms with van der Waals surface area (Å²) in [7, 11) is 0. The van der Waals surface area contributed by atoms with Crippen molar-refractivity contribution in [2.75, 3.05) is 5.73 Å².